The van der Waals surface area contributed by atoms with Crippen LogP contribution in [0.3, 0.4) is 0 Å². The van der Waals surface area contributed by atoms with Gasteiger partial charge in [0.25, 0.3) is 10.0 Å². The third-order valence-electron chi connectivity index (χ3n) is 1.40. The number of para-hydroxylation sites is 1. The Morgan fingerprint density at radius 2 is 2.00 bits per heavy atom. The predicted molar refractivity (Wildman–Crippen MR) is 48.2 cm³/mol. The van der Waals surface area contributed by atoms with Crippen molar-refractivity contribution in [2.24, 2.45) is 0 Å². The van der Waals surface area contributed by atoms with Crippen LogP contribution >= 0.6 is 0 Å². The molecule has 5 nitrogen and oxygen atoms in total. The molecule has 0 amide bonds. The molecule has 0 heterocycles. The van der Waals surface area contributed by atoms with E-state index >= 15 is 0 Å². The lowest BCUT2D eigenvalue weighted by atomic mass is 10.3. The second-order valence-electron chi connectivity index (χ2n) is 2.33. The van der Waals surface area contributed by atoms with Crippen LogP contribution in [0.5, 0.6) is 0 Å². The molecule has 0 saturated heterocycles. The van der Waals surface area contributed by atoms with Crippen LogP contribution in [0.1, 0.15) is 0 Å². The van der Waals surface area contributed by atoms with E-state index in [1.165, 1.54) is 19.2 Å². The summed E-state index contributed by atoms with van der Waals surface area (Å²) in [6.45, 7) is 0. The molecule has 0 atom stereocenters. The van der Waals surface area contributed by atoms with E-state index in [0.717, 1.165) is 0 Å². The summed E-state index contributed by atoms with van der Waals surface area (Å²) in [4.78, 5) is 6.20. The summed E-state index contributed by atoms with van der Waals surface area (Å²) >= 11 is 0. The van der Waals surface area contributed by atoms with E-state index in [1.807, 2.05) is 4.89 Å². The Hall–Kier alpha value is -1.11. The van der Waals surface area contributed by atoms with Gasteiger partial charge in [0.2, 0.25) is 0 Å². The second kappa shape index (κ2) is 3.73. The lowest BCUT2D eigenvalue weighted by molar-refractivity contribution is 0.153. The zero-order valence-electron chi connectivity index (χ0n) is 7.02. The lowest BCUT2D eigenvalue weighted by Gasteiger charge is -2.05. The molecule has 0 aliphatic carbocycles. The summed E-state index contributed by atoms with van der Waals surface area (Å²) < 4.78 is 22.7. The van der Waals surface area contributed by atoms with Crippen LogP contribution in [0.2, 0.25) is 0 Å². The number of nitrogen functional groups attached to an aromatic ring is 1. The molecule has 72 valence electrons. The van der Waals surface area contributed by atoms with E-state index in [0.29, 0.717) is 0 Å². The Kier molecular flexibility index (Phi) is 2.86. The SMILES string of the molecule is CONS(=O)(=O)c1ccccc1N. The monoisotopic (exact) mass is 202 g/mol. The number of nitrogens with two attached hydrogens (primary N) is 1. The number of nitrogens with one attached hydrogen (secondary N) is 1. The summed E-state index contributed by atoms with van der Waals surface area (Å²) in [6, 6.07) is 6.14. The van der Waals surface area contributed by atoms with Crippen molar-refractivity contribution in [3.63, 3.8) is 0 Å². The Balaban J connectivity index is 3.15. The highest BCUT2D eigenvalue weighted by molar-refractivity contribution is 7.89. The molecule has 0 bridgehead atoms. The summed E-state index contributed by atoms with van der Waals surface area (Å²) in [7, 11) is -2.42. The normalized spacial score (nSPS) is 11.5. The van der Waals surface area contributed by atoms with Crippen LogP contribution in [-0.4, -0.2) is 15.5 Å². The Labute approximate surface area is 76.5 Å². The van der Waals surface area contributed by atoms with Crippen molar-refractivity contribution in [1.82, 2.24) is 4.89 Å². The highest BCUT2D eigenvalue weighted by atomic mass is 32.2. The fourth-order valence-electron chi connectivity index (χ4n) is 0.880. The molecular weight excluding hydrogens is 192 g/mol. The number of anilines is 1. The van der Waals surface area contributed by atoms with Gasteiger partial charge in [-0.1, -0.05) is 17.0 Å². The third-order valence-corrected chi connectivity index (χ3v) is 2.74. The Morgan fingerprint density at radius 1 is 1.38 bits per heavy atom. The molecule has 1 aromatic carbocycles. The molecule has 0 aliphatic rings. The van der Waals surface area contributed by atoms with Crippen molar-refractivity contribution in [1.29, 1.82) is 0 Å². The number of hydrogen-bond donors (Lipinski definition) is 2. The lowest BCUT2D eigenvalue weighted by Crippen LogP contribution is -2.23. The first-order valence-electron chi connectivity index (χ1n) is 3.47. The zero-order valence-corrected chi connectivity index (χ0v) is 7.84. The summed E-state index contributed by atoms with van der Waals surface area (Å²) in [5.41, 5.74) is 5.65. The minimum absolute atomic E-state index is 0.0110. The maximum atomic E-state index is 11.3. The molecule has 0 spiro atoms. The molecule has 1 aromatic rings. The van der Waals surface area contributed by atoms with Gasteiger partial charge < -0.3 is 5.73 Å². The van der Waals surface area contributed by atoms with Gasteiger partial charge in [-0.25, -0.2) is 8.42 Å². The summed E-state index contributed by atoms with van der Waals surface area (Å²) in [5.74, 6) is 0. The van der Waals surface area contributed by atoms with Gasteiger partial charge in [-0.15, -0.1) is 0 Å². The zero-order chi connectivity index (χ0) is 9.90. The van der Waals surface area contributed by atoms with Crippen LogP contribution in [0.25, 0.3) is 0 Å². The summed E-state index contributed by atoms with van der Waals surface area (Å²) in [5, 5.41) is 0. The fourth-order valence-corrected chi connectivity index (χ4v) is 1.83. The molecule has 13 heavy (non-hydrogen) atoms. The number of benzene rings is 1. The van der Waals surface area contributed by atoms with Crippen LogP contribution in [0, 0.1) is 0 Å². The Bertz CT molecular complexity index is 388. The first kappa shape index (κ1) is 9.97. The minimum Gasteiger partial charge on any atom is -0.398 e. The minimum atomic E-state index is -3.64. The van der Waals surface area contributed by atoms with Crippen molar-refractivity contribution in [3.05, 3.63) is 24.3 Å². The third kappa shape index (κ3) is 2.18. The molecule has 1 rings (SSSR count). The van der Waals surface area contributed by atoms with Crippen LogP contribution < -0.4 is 10.6 Å². The number of sulfonamides is 1. The molecule has 0 aromatic heterocycles. The van der Waals surface area contributed by atoms with E-state index in [9.17, 15) is 8.42 Å². The highest BCUT2D eigenvalue weighted by Gasteiger charge is 2.15. The molecule has 0 unspecified atom stereocenters. The van der Waals surface area contributed by atoms with Crippen molar-refractivity contribution in [2.45, 2.75) is 4.90 Å². The van der Waals surface area contributed by atoms with Gasteiger partial charge in [0, 0.05) is 0 Å². The van der Waals surface area contributed by atoms with E-state index in [2.05, 4.69) is 4.84 Å². The maximum Gasteiger partial charge on any atom is 0.264 e. The average Bonchev–Trinajstić information content (AvgIpc) is 2.04. The van der Waals surface area contributed by atoms with Crippen molar-refractivity contribution < 1.29 is 13.3 Å². The van der Waals surface area contributed by atoms with Crippen molar-refractivity contribution >= 4 is 15.7 Å². The van der Waals surface area contributed by atoms with Gasteiger partial charge in [0.1, 0.15) is 4.90 Å². The second-order valence-corrected chi connectivity index (χ2v) is 3.94. The van der Waals surface area contributed by atoms with Gasteiger partial charge in [0.15, 0.2) is 0 Å². The largest absolute Gasteiger partial charge is 0.398 e. The summed E-state index contributed by atoms with van der Waals surface area (Å²) in [6.07, 6.45) is 0. The van der Waals surface area contributed by atoms with Gasteiger partial charge in [-0.2, -0.15) is 0 Å². The standard InChI is InChI=1S/C7H10N2O3S/c1-12-9-13(10,11)7-5-3-2-4-6(7)8/h2-5,9H,8H2,1H3. The average molecular weight is 202 g/mol. The number of rotatable bonds is 3. The smallest absolute Gasteiger partial charge is 0.264 e. The molecule has 0 aliphatic heterocycles. The first-order chi connectivity index (χ1) is 6.08. The maximum absolute atomic E-state index is 11.3. The topological polar surface area (TPSA) is 81.4 Å². The highest BCUT2D eigenvalue weighted by Crippen LogP contribution is 2.16. The quantitative estimate of drug-likeness (QED) is 0.538. The molecule has 0 saturated carbocycles. The molecule has 0 radical (unpaired) electrons. The van der Waals surface area contributed by atoms with Crippen LogP contribution in [0.15, 0.2) is 29.2 Å². The van der Waals surface area contributed by atoms with E-state index in [-0.39, 0.29) is 10.6 Å². The first-order valence-corrected chi connectivity index (χ1v) is 4.95. The van der Waals surface area contributed by atoms with Crippen LogP contribution in [0.4, 0.5) is 5.69 Å². The van der Waals surface area contributed by atoms with Crippen molar-refractivity contribution in [3.8, 4) is 0 Å². The van der Waals surface area contributed by atoms with Gasteiger partial charge >= 0.3 is 0 Å². The van der Waals surface area contributed by atoms with E-state index in [4.69, 9.17) is 5.73 Å². The fraction of sp³-hybridized carbons (Fsp3) is 0.143. The van der Waals surface area contributed by atoms with E-state index in [1.54, 1.807) is 12.1 Å². The van der Waals surface area contributed by atoms with Gasteiger partial charge in [-0.3, -0.25) is 4.84 Å². The Morgan fingerprint density at radius 3 is 2.54 bits per heavy atom. The molecule has 6 heteroatoms. The van der Waals surface area contributed by atoms with Crippen molar-refractivity contribution in [2.75, 3.05) is 12.8 Å². The van der Waals surface area contributed by atoms with Gasteiger partial charge in [0.05, 0.1) is 12.8 Å². The van der Waals surface area contributed by atoms with E-state index < -0.39 is 10.0 Å². The molecule has 0 fully saturated rings. The molecule has 3 N–H and O–H groups in total. The molecular formula is C7H10N2O3S. The van der Waals surface area contributed by atoms with Gasteiger partial charge in [-0.05, 0) is 12.1 Å². The van der Waals surface area contributed by atoms with Crippen LogP contribution in [-0.2, 0) is 14.9 Å². The predicted octanol–water partition coefficient (Wildman–Crippen LogP) is 0.108. The number of hydrogen-bond acceptors (Lipinski definition) is 4.